The van der Waals surface area contributed by atoms with E-state index < -0.39 is 0 Å². The Labute approximate surface area is 115 Å². The number of pyridine rings is 1. The first-order valence-corrected chi connectivity index (χ1v) is 6.33. The third kappa shape index (κ3) is 2.82. The average Bonchev–Trinajstić information content (AvgIpc) is 2.81. The van der Waals surface area contributed by atoms with Gasteiger partial charge in [-0.05, 0) is 12.1 Å². The Morgan fingerprint density at radius 2 is 2.16 bits per heavy atom. The average molecular weight is 274 g/mol. The van der Waals surface area contributed by atoms with Crippen LogP contribution in [0.2, 0.25) is 5.15 Å². The van der Waals surface area contributed by atoms with Crippen LogP contribution in [0.1, 0.15) is 5.69 Å². The Morgan fingerprint density at radius 3 is 3.00 bits per heavy atom. The van der Waals surface area contributed by atoms with Crippen LogP contribution in [0.4, 0.5) is 5.82 Å². The quantitative estimate of drug-likeness (QED) is 0.793. The molecule has 3 heterocycles. The van der Waals surface area contributed by atoms with Crippen molar-refractivity contribution in [3.8, 4) is 0 Å². The molecule has 0 aromatic carbocycles. The molecule has 0 aliphatic carbocycles. The van der Waals surface area contributed by atoms with Crippen molar-refractivity contribution in [2.75, 3.05) is 11.9 Å². The maximum atomic E-state index is 5.76. The van der Waals surface area contributed by atoms with Gasteiger partial charge in [0.15, 0.2) is 0 Å². The van der Waals surface area contributed by atoms with Crippen molar-refractivity contribution < 1.29 is 0 Å². The number of nitrogens with one attached hydrogen (secondary N) is 1. The molecule has 0 saturated carbocycles. The molecule has 0 saturated heterocycles. The van der Waals surface area contributed by atoms with Crippen molar-refractivity contribution in [1.82, 2.24) is 19.4 Å². The predicted molar refractivity (Wildman–Crippen MR) is 74.4 cm³/mol. The molecule has 0 unspecified atom stereocenters. The Kier molecular flexibility index (Phi) is 3.29. The smallest absolute Gasteiger partial charge is 0.149 e. The van der Waals surface area contributed by atoms with Gasteiger partial charge in [0.05, 0.1) is 18.1 Å². The molecule has 0 spiro atoms. The SMILES string of the molecule is Clc1cncc(NCCc2cn3ccccc3n2)n1. The largest absolute Gasteiger partial charge is 0.368 e. The lowest BCUT2D eigenvalue weighted by Crippen LogP contribution is -2.06. The summed E-state index contributed by atoms with van der Waals surface area (Å²) in [7, 11) is 0. The Balaban J connectivity index is 1.63. The summed E-state index contributed by atoms with van der Waals surface area (Å²) in [6.07, 6.45) is 7.99. The number of anilines is 1. The fraction of sp³-hybridized carbons (Fsp3) is 0.154. The van der Waals surface area contributed by atoms with E-state index >= 15 is 0 Å². The minimum atomic E-state index is 0.387. The molecule has 0 bridgehead atoms. The van der Waals surface area contributed by atoms with Crippen LogP contribution in [0.15, 0.2) is 43.0 Å². The maximum Gasteiger partial charge on any atom is 0.149 e. The third-order valence-corrected chi connectivity index (χ3v) is 2.89. The normalized spacial score (nSPS) is 10.8. The van der Waals surface area contributed by atoms with Crippen LogP contribution < -0.4 is 5.32 Å². The van der Waals surface area contributed by atoms with Gasteiger partial charge in [0.25, 0.3) is 0 Å². The van der Waals surface area contributed by atoms with Gasteiger partial charge in [0.2, 0.25) is 0 Å². The van der Waals surface area contributed by atoms with E-state index in [1.165, 1.54) is 6.20 Å². The fourth-order valence-corrected chi connectivity index (χ4v) is 2.00. The molecule has 0 amide bonds. The van der Waals surface area contributed by atoms with Gasteiger partial charge in [-0.2, -0.15) is 0 Å². The van der Waals surface area contributed by atoms with Gasteiger partial charge in [-0.3, -0.25) is 4.98 Å². The molecular formula is C13H12ClN5. The molecular weight excluding hydrogens is 262 g/mol. The van der Waals surface area contributed by atoms with E-state index in [0.717, 1.165) is 24.3 Å². The highest BCUT2D eigenvalue weighted by Crippen LogP contribution is 2.08. The molecule has 3 aromatic heterocycles. The molecule has 1 N–H and O–H groups in total. The van der Waals surface area contributed by atoms with E-state index in [0.29, 0.717) is 11.0 Å². The van der Waals surface area contributed by atoms with Gasteiger partial charge in [-0.1, -0.05) is 17.7 Å². The van der Waals surface area contributed by atoms with Gasteiger partial charge < -0.3 is 9.72 Å². The molecule has 0 radical (unpaired) electrons. The molecule has 19 heavy (non-hydrogen) atoms. The second-order valence-electron chi connectivity index (χ2n) is 4.10. The van der Waals surface area contributed by atoms with Gasteiger partial charge in [0.1, 0.15) is 16.6 Å². The van der Waals surface area contributed by atoms with E-state index in [1.54, 1.807) is 6.20 Å². The zero-order valence-electron chi connectivity index (χ0n) is 10.1. The number of halogens is 1. The molecule has 0 fully saturated rings. The molecule has 6 heteroatoms. The molecule has 3 aromatic rings. The summed E-state index contributed by atoms with van der Waals surface area (Å²) in [6.45, 7) is 0.735. The molecule has 96 valence electrons. The van der Waals surface area contributed by atoms with Crippen molar-refractivity contribution >= 4 is 23.1 Å². The number of aromatic nitrogens is 4. The van der Waals surface area contributed by atoms with Crippen molar-refractivity contribution in [1.29, 1.82) is 0 Å². The number of rotatable bonds is 4. The summed E-state index contributed by atoms with van der Waals surface area (Å²) in [6, 6.07) is 5.95. The monoisotopic (exact) mass is 273 g/mol. The Hall–Kier alpha value is -2.14. The lowest BCUT2D eigenvalue weighted by molar-refractivity contribution is 0.966. The highest BCUT2D eigenvalue weighted by molar-refractivity contribution is 6.29. The number of imidazole rings is 1. The first kappa shape index (κ1) is 11.9. The van der Waals surface area contributed by atoms with Gasteiger partial charge >= 0.3 is 0 Å². The van der Waals surface area contributed by atoms with Crippen LogP contribution in [-0.4, -0.2) is 25.9 Å². The van der Waals surface area contributed by atoms with Gasteiger partial charge in [-0.25, -0.2) is 9.97 Å². The van der Waals surface area contributed by atoms with Gasteiger partial charge in [-0.15, -0.1) is 0 Å². The summed E-state index contributed by atoms with van der Waals surface area (Å²) in [4.78, 5) is 12.6. The Morgan fingerprint density at radius 1 is 1.21 bits per heavy atom. The zero-order chi connectivity index (χ0) is 13.1. The lowest BCUT2D eigenvalue weighted by atomic mass is 10.3. The highest BCUT2D eigenvalue weighted by Gasteiger charge is 2.01. The molecule has 0 atom stereocenters. The molecule has 5 nitrogen and oxygen atoms in total. The summed E-state index contributed by atoms with van der Waals surface area (Å²) < 4.78 is 2.01. The minimum Gasteiger partial charge on any atom is -0.368 e. The van der Waals surface area contributed by atoms with Crippen molar-refractivity contribution in [3.63, 3.8) is 0 Å². The van der Waals surface area contributed by atoms with E-state index in [4.69, 9.17) is 11.6 Å². The molecule has 0 aliphatic heterocycles. The first-order chi connectivity index (χ1) is 9.31. The van der Waals surface area contributed by atoms with Crippen LogP contribution in [0.5, 0.6) is 0 Å². The van der Waals surface area contributed by atoms with Crippen LogP contribution in [-0.2, 0) is 6.42 Å². The number of hydrogen-bond acceptors (Lipinski definition) is 4. The van der Waals surface area contributed by atoms with E-state index in [2.05, 4.69) is 20.3 Å². The topological polar surface area (TPSA) is 55.1 Å². The van der Waals surface area contributed by atoms with Crippen LogP contribution in [0, 0.1) is 0 Å². The summed E-state index contributed by atoms with van der Waals surface area (Å²) in [5.41, 5.74) is 1.99. The van der Waals surface area contributed by atoms with Crippen molar-refractivity contribution in [3.05, 3.63) is 53.8 Å². The molecule has 3 rings (SSSR count). The second kappa shape index (κ2) is 5.24. The summed E-state index contributed by atoms with van der Waals surface area (Å²) in [5.74, 6) is 0.677. The predicted octanol–water partition coefficient (Wildman–Crippen LogP) is 2.43. The maximum absolute atomic E-state index is 5.76. The van der Waals surface area contributed by atoms with Crippen molar-refractivity contribution in [2.24, 2.45) is 0 Å². The van der Waals surface area contributed by atoms with Crippen LogP contribution in [0.3, 0.4) is 0 Å². The Bertz CT molecular complexity index is 661. The highest BCUT2D eigenvalue weighted by atomic mass is 35.5. The molecule has 0 aliphatic rings. The number of hydrogen-bond donors (Lipinski definition) is 1. The first-order valence-electron chi connectivity index (χ1n) is 5.95. The number of fused-ring (bicyclic) bond motifs is 1. The zero-order valence-corrected chi connectivity index (χ0v) is 10.9. The summed E-state index contributed by atoms with van der Waals surface area (Å²) in [5, 5.41) is 3.56. The van der Waals surface area contributed by atoms with Crippen molar-refractivity contribution in [2.45, 2.75) is 6.42 Å². The minimum absolute atomic E-state index is 0.387. The fourth-order valence-electron chi connectivity index (χ4n) is 1.85. The summed E-state index contributed by atoms with van der Waals surface area (Å²) >= 11 is 5.76. The second-order valence-corrected chi connectivity index (χ2v) is 4.49. The van der Waals surface area contributed by atoms with Crippen LogP contribution >= 0.6 is 11.6 Å². The van der Waals surface area contributed by atoms with E-state index in [9.17, 15) is 0 Å². The van der Waals surface area contributed by atoms with E-state index in [-0.39, 0.29) is 0 Å². The van der Waals surface area contributed by atoms with E-state index in [1.807, 2.05) is 35.0 Å². The standard InChI is InChI=1S/C13H12ClN5/c14-11-7-15-8-12(18-11)16-5-4-10-9-19-6-2-1-3-13(19)17-10/h1-3,6-9H,4-5H2,(H,16,18). The number of nitrogens with zero attached hydrogens (tertiary/aromatic N) is 4. The van der Waals surface area contributed by atoms with Crippen LogP contribution in [0.25, 0.3) is 5.65 Å². The van der Waals surface area contributed by atoms with Gasteiger partial charge in [0, 0.05) is 25.4 Å². The lowest BCUT2D eigenvalue weighted by Gasteiger charge is -2.03. The third-order valence-electron chi connectivity index (χ3n) is 2.71.